The van der Waals surface area contributed by atoms with Crippen molar-refractivity contribution in [3.05, 3.63) is 41.2 Å². The van der Waals surface area contributed by atoms with Gasteiger partial charge in [-0.05, 0) is 31.2 Å². The Morgan fingerprint density at radius 3 is 2.79 bits per heavy atom. The second kappa shape index (κ2) is 6.08. The maximum absolute atomic E-state index is 6.29. The molecule has 0 spiro atoms. The van der Waals surface area contributed by atoms with Crippen LogP contribution >= 0.6 is 11.6 Å². The van der Waals surface area contributed by atoms with Gasteiger partial charge in [0.2, 0.25) is 0 Å². The number of aromatic nitrogens is 2. The van der Waals surface area contributed by atoms with E-state index in [1.165, 1.54) is 0 Å². The minimum atomic E-state index is 0.227. The molecule has 0 radical (unpaired) electrons. The molecular weight excluding hydrogens is 262 g/mol. The van der Waals surface area contributed by atoms with Crippen LogP contribution in [0.15, 0.2) is 30.6 Å². The van der Waals surface area contributed by atoms with E-state index in [0.29, 0.717) is 16.5 Å². The first kappa shape index (κ1) is 13.9. The summed E-state index contributed by atoms with van der Waals surface area (Å²) in [6, 6.07) is 5.96. The van der Waals surface area contributed by atoms with E-state index in [2.05, 4.69) is 24.3 Å². The predicted octanol–water partition coefficient (Wildman–Crippen LogP) is 3.54. The Labute approximate surface area is 118 Å². The van der Waals surface area contributed by atoms with E-state index in [-0.39, 0.29) is 6.04 Å². The Kier molecular flexibility index (Phi) is 4.45. The van der Waals surface area contributed by atoms with Crippen LogP contribution in [0.5, 0.6) is 11.5 Å². The van der Waals surface area contributed by atoms with Crippen LogP contribution in [0, 0.1) is 0 Å². The quantitative estimate of drug-likeness (QED) is 0.910. The van der Waals surface area contributed by atoms with E-state index in [4.69, 9.17) is 16.3 Å². The fraction of sp³-hybridized carbons (Fsp3) is 0.357. The predicted molar refractivity (Wildman–Crippen MR) is 76.8 cm³/mol. The highest BCUT2D eigenvalue weighted by molar-refractivity contribution is 6.31. The second-order valence-electron chi connectivity index (χ2n) is 4.41. The lowest BCUT2D eigenvalue weighted by atomic mass is 10.1. The molecule has 0 aliphatic carbocycles. The zero-order valence-electron chi connectivity index (χ0n) is 11.4. The third-order valence-electron chi connectivity index (χ3n) is 2.87. The van der Waals surface area contributed by atoms with E-state index in [1.54, 1.807) is 10.9 Å². The van der Waals surface area contributed by atoms with Crippen molar-refractivity contribution in [3.8, 4) is 11.5 Å². The van der Waals surface area contributed by atoms with Crippen LogP contribution in [0.1, 0.15) is 25.5 Å². The molecule has 1 aromatic heterocycles. The van der Waals surface area contributed by atoms with Crippen molar-refractivity contribution >= 4 is 11.6 Å². The van der Waals surface area contributed by atoms with Gasteiger partial charge in [0.25, 0.3) is 0 Å². The number of halogens is 1. The van der Waals surface area contributed by atoms with Gasteiger partial charge in [0.15, 0.2) is 5.75 Å². The fourth-order valence-electron chi connectivity index (χ4n) is 1.93. The smallest absolute Gasteiger partial charge is 0.165 e. The number of aryl methyl sites for hydroxylation is 1. The molecule has 5 heteroatoms. The zero-order chi connectivity index (χ0) is 13.8. The SMILES string of the molecule is CCNC(C)c1ccc(Oc2cnn(C)c2)cc1Cl. The van der Waals surface area contributed by atoms with E-state index in [0.717, 1.165) is 12.1 Å². The van der Waals surface area contributed by atoms with Gasteiger partial charge in [-0.2, -0.15) is 5.10 Å². The molecule has 0 amide bonds. The average molecular weight is 280 g/mol. The molecule has 19 heavy (non-hydrogen) atoms. The molecule has 0 fully saturated rings. The van der Waals surface area contributed by atoms with Crippen molar-refractivity contribution in [3.63, 3.8) is 0 Å². The van der Waals surface area contributed by atoms with Crippen LogP contribution in [0.2, 0.25) is 5.02 Å². The van der Waals surface area contributed by atoms with Gasteiger partial charge in [-0.25, -0.2) is 0 Å². The van der Waals surface area contributed by atoms with Crippen molar-refractivity contribution in [1.29, 1.82) is 0 Å². The summed E-state index contributed by atoms with van der Waals surface area (Å²) in [5, 5.41) is 8.09. The molecule has 1 N–H and O–H groups in total. The number of hydrogen-bond donors (Lipinski definition) is 1. The number of nitrogens with zero attached hydrogens (tertiary/aromatic N) is 2. The molecule has 2 rings (SSSR count). The van der Waals surface area contributed by atoms with Crippen LogP contribution in [0.4, 0.5) is 0 Å². The van der Waals surface area contributed by atoms with Crippen LogP contribution in [-0.4, -0.2) is 16.3 Å². The van der Waals surface area contributed by atoms with Crippen LogP contribution in [-0.2, 0) is 7.05 Å². The molecule has 0 bridgehead atoms. The minimum Gasteiger partial charge on any atom is -0.454 e. The maximum atomic E-state index is 6.29. The number of benzene rings is 1. The first-order valence-electron chi connectivity index (χ1n) is 6.29. The summed E-state index contributed by atoms with van der Waals surface area (Å²) in [6.45, 7) is 5.07. The van der Waals surface area contributed by atoms with Crippen molar-refractivity contribution < 1.29 is 4.74 Å². The number of hydrogen-bond acceptors (Lipinski definition) is 3. The molecule has 1 heterocycles. The lowest BCUT2D eigenvalue weighted by Crippen LogP contribution is -2.17. The van der Waals surface area contributed by atoms with Gasteiger partial charge >= 0.3 is 0 Å². The molecular formula is C14H18ClN3O. The van der Waals surface area contributed by atoms with E-state index >= 15 is 0 Å². The van der Waals surface area contributed by atoms with Crippen molar-refractivity contribution in [1.82, 2.24) is 15.1 Å². The molecule has 0 aliphatic heterocycles. The standard InChI is InChI=1S/C14H18ClN3O/c1-4-16-10(2)13-6-5-11(7-14(13)15)19-12-8-17-18(3)9-12/h5-10,16H,4H2,1-3H3. The summed E-state index contributed by atoms with van der Waals surface area (Å²) in [5.74, 6) is 1.41. The van der Waals surface area contributed by atoms with Crippen molar-refractivity contribution in [2.24, 2.45) is 7.05 Å². The zero-order valence-corrected chi connectivity index (χ0v) is 12.1. The fourth-order valence-corrected chi connectivity index (χ4v) is 2.26. The summed E-state index contributed by atoms with van der Waals surface area (Å²) in [4.78, 5) is 0. The van der Waals surface area contributed by atoms with Gasteiger partial charge in [0.05, 0.1) is 12.4 Å². The third-order valence-corrected chi connectivity index (χ3v) is 3.19. The molecule has 1 aromatic carbocycles. The topological polar surface area (TPSA) is 39.1 Å². The summed E-state index contributed by atoms with van der Waals surface area (Å²) < 4.78 is 7.38. The highest BCUT2D eigenvalue weighted by Gasteiger charge is 2.10. The van der Waals surface area contributed by atoms with Crippen molar-refractivity contribution in [2.75, 3.05) is 6.54 Å². The van der Waals surface area contributed by atoms with Gasteiger partial charge in [-0.15, -0.1) is 0 Å². The van der Waals surface area contributed by atoms with Gasteiger partial charge < -0.3 is 10.1 Å². The largest absolute Gasteiger partial charge is 0.454 e. The van der Waals surface area contributed by atoms with Crippen LogP contribution < -0.4 is 10.1 Å². The maximum Gasteiger partial charge on any atom is 0.165 e. The molecule has 4 nitrogen and oxygen atoms in total. The summed E-state index contributed by atoms with van der Waals surface area (Å²) in [7, 11) is 1.85. The summed E-state index contributed by atoms with van der Waals surface area (Å²) >= 11 is 6.29. The van der Waals surface area contributed by atoms with Crippen molar-refractivity contribution in [2.45, 2.75) is 19.9 Å². The number of rotatable bonds is 5. The molecule has 1 unspecified atom stereocenters. The molecule has 2 aromatic rings. The Bertz CT molecular complexity index is 553. The normalized spacial score (nSPS) is 12.4. The van der Waals surface area contributed by atoms with Gasteiger partial charge in [-0.1, -0.05) is 24.6 Å². The first-order chi connectivity index (χ1) is 9.10. The molecule has 0 aliphatic rings. The highest BCUT2D eigenvalue weighted by atomic mass is 35.5. The number of ether oxygens (including phenoxy) is 1. The molecule has 102 valence electrons. The molecule has 0 saturated heterocycles. The van der Waals surface area contributed by atoms with Gasteiger partial charge in [0, 0.05) is 18.1 Å². The summed E-state index contributed by atoms with van der Waals surface area (Å²) in [5.41, 5.74) is 1.07. The summed E-state index contributed by atoms with van der Waals surface area (Å²) in [6.07, 6.45) is 3.48. The Morgan fingerprint density at radius 2 is 2.21 bits per heavy atom. The molecule has 1 atom stereocenters. The average Bonchev–Trinajstić information content (AvgIpc) is 2.75. The van der Waals surface area contributed by atoms with Gasteiger partial charge in [0.1, 0.15) is 5.75 Å². The minimum absolute atomic E-state index is 0.227. The Balaban J connectivity index is 2.14. The lowest BCUT2D eigenvalue weighted by molar-refractivity contribution is 0.481. The van der Waals surface area contributed by atoms with E-state index in [1.807, 2.05) is 31.4 Å². The lowest BCUT2D eigenvalue weighted by Gasteiger charge is -2.15. The van der Waals surface area contributed by atoms with E-state index < -0.39 is 0 Å². The molecule has 0 saturated carbocycles. The van der Waals surface area contributed by atoms with Crippen LogP contribution in [0.3, 0.4) is 0 Å². The monoisotopic (exact) mass is 279 g/mol. The van der Waals surface area contributed by atoms with Gasteiger partial charge in [-0.3, -0.25) is 4.68 Å². The third kappa shape index (κ3) is 3.49. The first-order valence-corrected chi connectivity index (χ1v) is 6.67. The Hall–Kier alpha value is -1.52. The van der Waals surface area contributed by atoms with E-state index in [9.17, 15) is 0 Å². The second-order valence-corrected chi connectivity index (χ2v) is 4.82. The Morgan fingerprint density at radius 1 is 1.42 bits per heavy atom. The van der Waals surface area contributed by atoms with Crippen LogP contribution in [0.25, 0.3) is 0 Å². The highest BCUT2D eigenvalue weighted by Crippen LogP contribution is 2.29. The number of nitrogens with one attached hydrogen (secondary N) is 1.